The second kappa shape index (κ2) is 5.27. The standard InChI is InChI=1S/C10H20N2O4/c1-9(2,15)5-11-7(13)8(14)12-6-10(3,4)16/h15-16H,5-6H2,1-4H3,(H,11,13)(H,12,14). The molecule has 0 rings (SSSR count). The van der Waals surface area contributed by atoms with Crippen LogP contribution in [-0.4, -0.2) is 46.3 Å². The lowest BCUT2D eigenvalue weighted by molar-refractivity contribution is -0.140. The Hall–Kier alpha value is -1.14. The van der Waals surface area contributed by atoms with E-state index in [9.17, 15) is 19.8 Å². The minimum Gasteiger partial charge on any atom is -0.389 e. The van der Waals surface area contributed by atoms with Gasteiger partial charge in [-0.15, -0.1) is 0 Å². The van der Waals surface area contributed by atoms with E-state index in [1.165, 1.54) is 27.7 Å². The minimum absolute atomic E-state index is 0.0121. The molecule has 0 saturated heterocycles. The maximum atomic E-state index is 11.2. The van der Waals surface area contributed by atoms with Crippen LogP contribution in [0.3, 0.4) is 0 Å². The predicted molar refractivity (Wildman–Crippen MR) is 58.6 cm³/mol. The summed E-state index contributed by atoms with van der Waals surface area (Å²) in [6, 6.07) is 0. The smallest absolute Gasteiger partial charge is 0.309 e. The summed E-state index contributed by atoms with van der Waals surface area (Å²) < 4.78 is 0. The second-order valence-corrected chi connectivity index (χ2v) is 4.99. The largest absolute Gasteiger partial charge is 0.389 e. The molecule has 6 nitrogen and oxygen atoms in total. The van der Waals surface area contributed by atoms with Gasteiger partial charge < -0.3 is 20.8 Å². The molecule has 0 atom stereocenters. The minimum atomic E-state index is -1.06. The lowest BCUT2D eigenvalue weighted by Crippen LogP contribution is -2.48. The third kappa shape index (κ3) is 8.19. The first-order valence-electron chi connectivity index (χ1n) is 5.02. The van der Waals surface area contributed by atoms with Crippen LogP contribution in [0.1, 0.15) is 27.7 Å². The van der Waals surface area contributed by atoms with Crippen LogP contribution in [0.2, 0.25) is 0 Å². The Morgan fingerprint density at radius 1 is 0.875 bits per heavy atom. The van der Waals surface area contributed by atoms with Gasteiger partial charge >= 0.3 is 11.8 Å². The molecule has 16 heavy (non-hydrogen) atoms. The third-order valence-electron chi connectivity index (χ3n) is 1.57. The molecule has 0 heterocycles. The second-order valence-electron chi connectivity index (χ2n) is 4.99. The number of nitrogens with one attached hydrogen (secondary N) is 2. The van der Waals surface area contributed by atoms with E-state index in [2.05, 4.69) is 10.6 Å². The Morgan fingerprint density at radius 3 is 1.31 bits per heavy atom. The van der Waals surface area contributed by atoms with E-state index in [1.807, 2.05) is 0 Å². The maximum Gasteiger partial charge on any atom is 0.309 e. The van der Waals surface area contributed by atoms with Gasteiger partial charge in [0.05, 0.1) is 11.2 Å². The fourth-order valence-electron chi connectivity index (χ4n) is 0.754. The van der Waals surface area contributed by atoms with E-state index in [-0.39, 0.29) is 13.1 Å². The summed E-state index contributed by atoms with van der Waals surface area (Å²) in [6.07, 6.45) is 0. The van der Waals surface area contributed by atoms with E-state index < -0.39 is 23.0 Å². The van der Waals surface area contributed by atoms with Crippen molar-refractivity contribution in [1.82, 2.24) is 10.6 Å². The van der Waals surface area contributed by atoms with E-state index in [4.69, 9.17) is 0 Å². The van der Waals surface area contributed by atoms with Crippen molar-refractivity contribution < 1.29 is 19.8 Å². The molecule has 0 aliphatic carbocycles. The lowest BCUT2D eigenvalue weighted by atomic mass is 10.1. The summed E-state index contributed by atoms with van der Waals surface area (Å²) in [5.41, 5.74) is -2.13. The van der Waals surface area contributed by atoms with Gasteiger partial charge in [0.25, 0.3) is 0 Å². The van der Waals surface area contributed by atoms with Gasteiger partial charge in [-0.2, -0.15) is 0 Å². The molecule has 0 saturated carbocycles. The van der Waals surface area contributed by atoms with Crippen LogP contribution in [0.15, 0.2) is 0 Å². The monoisotopic (exact) mass is 232 g/mol. The normalized spacial score (nSPS) is 12.1. The third-order valence-corrected chi connectivity index (χ3v) is 1.57. The number of amides is 2. The van der Waals surface area contributed by atoms with Crippen molar-refractivity contribution in [2.24, 2.45) is 0 Å². The van der Waals surface area contributed by atoms with Gasteiger partial charge in [-0.3, -0.25) is 9.59 Å². The summed E-state index contributed by atoms with van der Waals surface area (Å²) in [4.78, 5) is 22.4. The fourth-order valence-corrected chi connectivity index (χ4v) is 0.754. The Bertz CT molecular complexity index is 235. The molecule has 0 spiro atoms. The van der Waals surface area contributed by atoms with Crippen LogP contribution < -0.4 is 10.6 Å². The molecule has 0 bridgehead atoms. The molecular formula is C10H20N2O4. The molecule has 0 fully saturated rings. The molecule has 0 unspecified atom stereocenters. The topological polar surface area (TPSA) is 98.7 Å². The number of hydrogen-bond donors (Lipinski definition) is 4. The van der Waals surface area contributed by atoms with Crippen molar-refractivity contribution in [2.45, 2.75) is 38.9 Å². The average molecular weight is 232 g/mol. The maximum absolute atomic E-state index is 11.2. The van der Waals surface area contributed by atoms with Crippen molar-refractivity contribution in [3.63, 3.8) is 0 Å². The molecule has 6 heteroatoms. The van der Waals surface area contributed by atoms with Gasteiger partial charge in [-0.05, 0) is 27.7 Å². The Balaban J connectivity index is 3.97. The van der Waals surface area contributed by atoms with Crippen molar-refractivity contribution in [3.8, 4) is 0 Å². The summed E-state index contributed by atoms with van der Waals surface area (Å²) in [5, 5.41) is 23.2. The highest BCUT2D eigenvalue weighted by Crippen LogP contribution is 1.98. The number of carbonyl (C=O) groups is 2. The molecular weight excluding hydrogens is 212 g/mol. The molecule has 4 N–H and O–H groups in total. The zero-order chi connectivity index (χ0) is 13.0. The van der Waals surface area contributed by atoms with Crippen LogP contribution in [-0.2, 0) is 9.59 Å². The van der Waals surface area contributed by atoms with Crippen LogP contribution in [0.5, 0.6) is 0 Å². The molecule has 0 aromatic carbocycles. The van der Waals surface area contributed by atoms with Crippen molar-refractivity contribution in [2.75, 3.05) is 13.1 Å². The number of carbonyl (C=O) groups excluding carboxylic acids is 2. The van der Waals surface area contributed by atoms with E-state index in [0.717, 1.165) is 0 Å². The SMILES string of the molecule is CC(C)(O)CNC(=O)C(=O)NCC(C)(C)O. The van der Waals surface area contributed by atoms with E-state index in [1.54, 1.807) is 0 Å². The van der Waals surface area contributed by atoms with E-state index >= 15 is 0 Å². The van der Waals surface area contributed by atoms with Gasteiger partial charge in [-0.25, -0.2) is 0 Å². The Kier molecular flexibility index (Phi) is 4.89. The average Bonchev–Trinajstić information content (AvgIpc) is 2.07. The number of hydrogen-bond acceptors (Lipinski definition) is 4. The summed E-state index contributed by atoms with van der Waals surface area (Å²) >= 11 is 0. The van der Waals surface area contributed by atoms with Crippen LogP contribution in [0.4, 0.5) is 0 Å². The summed E-state index contributed by atoms with van der Waals surface area (Å²) in [5.74, 6) is -1.65. The van der Waals surface area contributed by atoms with Crippen molar-refractivity contribution in [1.29, 1.82) is 0 Å². The van der Waals surface area contributed by atoms with Gasteiger partial charge in [0.1, 0.15) is 0 Å². The van der Waals surface area contributed by atoms with Gasteiger partial charge in [-0.1, -0.05) is 0 Å². The molecule has 0 aliphatic heterocycles. The molecule has 0 aromatic heterocycles. The summed E-state index contributed by atoms with van der Waals surface area (Å²) in [6.45, 7) is 6.04. The zero-order valence-corrected chi connectivity index (χ0v) is 10.1. The van der Waals surface area contributed by atoms with E-state index in [0.29, 0.717) is 0 Å². The Labute approximate surface area is 95.0 Å². The quantitative estimate of drug-likeness (QED) is 0.456. The highest BCUT2D eigenvalue weighted by molar-refractivity contribution is 6.35. The molecule has 0 aliphatic rings. The van der Waals surface area contributed by atoms with Crippen LogP contribution in [0, 0.1) is 0 Å². The van der Waals surface area contributed by atoms with Crippen LogP contribution >= 0.6 is 0 Å². The predicted octanol–water partition coefficient (Wildman–Crippen LogP) is -1.24. The van der Waals surface area contributed by atoms with Crippen molar-refractivity contribution in [3.05, 3.63) is 0 Å². The highest BCUT2D eigenvalue weighted by atomic mass is 16.3. The first kappa shape index (κ1) is 14.9. The first-order chi connectivity index (χ1) is 7.01. The van der Waals surface area contributed by atoms with Crippen LogP contribution in [0.25, 0.3) is 0 Å². The van der Waals surface area contributed by atoms with Gasteiger partial charge in [0.15, 0.2) is 0 Å². The number of rotatable bonds is 4. The molecule has 0 aromatic rings. The molecule has 94 valence electrons. The first-order valence-corrected chi connectivity index (χ1v) is 5.02. The Morgan fingerprint density at radius 2 is 1.12 bits per heavy atom. The fraction of sp³-hybridized carbons (Fsp3) is 0.800. The highest BCUT2D eigenvalue weighted by Gasteiger charge is 2.20. The van der Waals surface area contributed by atoms with Gasteiger partial charge in [0, 0.05) is 13.1 Å². The zero-order valence-electron chi connectivity index (χ0n) is 10.1. The number of aliphatic hydroxyl groups is 2. The summed E-state index contributed by atoms with van der Waals surface area (Å²) in [7, 11) is 0. The van der Waals surface area contributed by atoms with Crippen molar-refractivity contribution >= 4 is 11.8 Å². The lowest BCUT2D eigenvalue weighted by Gasteiger charge is -2.19. The van der Waals surface area contributed by atoms with Gasteiger partial charge in [0.2, 0.25) is 0 Å². The molecule has 0 radical (unpaired) electrons. The molecule has 2 amide bonds.